The predicted octanol–water partition coefficient (Wildman–Crippen LogP) is 1.30. The molecule has 0 aromatic carbocycles. The van der Waals surface area contributed by atoms with Gasteiger partial charge in [-0.25, -0.2) is 0 Å². The number of carbonyl (C=O) groups excluding carboxylic acids is 1. The molecule has 1 fully saturated rings. The molecular formula is C12H23NO3. The Morgan fingerprint density at radius 2 is 2.12 bits per heavy atom. The van der Waals surface area contributed by atoms with Gasteiger partial charge in [0.15, 0.2) is 0 Å². The first-order valence-electron chi connectivity index (χ1n) is 5.72. The maximum Gasteiger partial charge on any atom is 0.312 e. The van der Waals surface area contributed by atoms with Crippen LogP contribution in [0.2, 0.25) is 0 Å². The zero-order valence-electron chi connectivity index (χ0n) is 11.0. The summed E-state index contributed by atoms with van der Waals surface area (Å²) >= 11 is 0. The highest BCUT2D eigenvalue weighted by Crippen LogP contribution is 2.23. The maximum atomic E-state index is 11.6. The number of nitrogens with zero attached hydrogens (tertiary/aromatic N) is 1. The molecule has 0 N–H and O–H groups in total. The van der Waals surface area contributed by atoms with E-state index in [-0.39, 0.29) is 11.6 Å². The Hall–Kier alpha value is -0.610. The van der Waals surface area contributed by atoms with Crippen molar-refractivity contribution >= 4 is 5.97 Å². The summed E-state index contributed by atoms with van der Waals surface area (Å²) in [6.45, 7) is 11.2. The molecule has 0 aromatic heterocycles. The number of carbonyl (C=O) groups is 1. The topological polar surface area (TPSA) is 38.8 Å². The van der Waals surface area contributed by atoms with Crippen LogP contribution in [0.1, 0.15) is 27.7 Å². The van der Waals surface area contributed by atoms with E-state index >= 15 is 0 Å². The molecule has 1 aliphatic heterocycles. The van der Waals surface area contributed by atoms with E-state index in [0.29, 0.717) is 6.54 Å². The van der Waals surface area contributed by atoms with Gasteiger partial charge < -0.3 is 9.47 Å². The van der Waals surface area contributed by atoms with Gasteiger partial charge in [0.1, 0.15) is 0 Å². The van der Waals surface area contributed by atoms with Crippen LogP contribution in [0.5, 0.6) is 0 Å². The van der Waals surface area contributed by atoms with Crippen LogP contribution in [0.15, 0.2) is 0 Å². The number of hydrogen-bond donors (Lipinski definition) is 0. The Labute approximate surface area is 97.9 Å². The molecule has 0 bridgehead atoms. The quantitative estimate of drug-likeness (QED) is 0.684. The second-order valence-electron chi connectivity index (χ2n) is 5.69. The summed E-state index contributed by atoms with van der Waals surface area (Å²) in [5.74, 6) is -0.156. The molecule has 1 saturated heterocycles. The molecule has 16 heavy (non-hydrogen) atoms. The molecule has 0 aromatic rings. The second-order valence-corrected chi connectivity index (χ2v) is 5.69. The number of morpholine rings is 1. The molecule has 1 heterocycles. The van der Waals surface area contributed by atoms with E-state index in [1.165, 1.54) is 7.11 Å². The number of esters is 1. The molecule has 1 aliphatic rings. The van der Waals surface area contributed by atoms with Crippen molar-refractivity contribution in [2.75, 3.05) is 33.4 Å². The van der Waals surface area contributed by atoms with Gasteiger partial charge in [-0.1, -0.05) is 0 Å². The van der Waals surface area contributed by atoms with Crippen LogP contribution in [0.25, 0.3) is 0 Å². The van der Waals surface area contributed by atoms with Crippen LogP contribution < -0.4 is 0 Å². The highest BCUT2D eigenvalue weighted by atomic mass is 16.5. The standard InChI is InChI=1S/C12H23NO3/c1-11(2,10(14)15-5)8-13-6-7-16-12(3,4)9-13/h6-9H2,1-5H3. The average Bonchev–Trinajstić information content (AvgIpc) is 2.14. The van der Waals surface area contributed by atoms with Crippen LogP contribution in [0, 0.1) is 5.41 Å². The summed E-state index contributed by atoms with van der Waals surface area (Å²) in [4.78, 5) is 13.9. The van der Waals surface area contributed by atoms with Gasteiger partial charge in [0, 0.05) is 19.6 Å². The first kappa shape index (κ1) is 13.5. The predicted molar refractivity (Wildman–Crippen MR) is 62.3 cm³/mol. The minimum Gasteiger partial charge on any atom is -0.469 e. The van der Waals surface area contributed by atoms with Gasteiger partial charge in [0.05, 0.1) is 24.7 Å². The number of ether oxygens (including phenoxy) is 2. The van der Waals surface area contributed by atoms with Crippen molar-refractivity contribution < 1.29 is 14.3 Å². The molecule has 0 aliphatic carbocycles. The molecule has 0 spiro atoms. The first-order valence-corrected chi connectivity index (χ1v) is 5.72. The highest BCUT2D eigenvalue weighted by molar-refractivity contribution is 5.76. The van der Waals surface area contributed by atoms with E-state index in [4.69, 9.17) is 9.47 Å². The number of hydrogen-bond acceptors (Lipinski definition) is 4. The van der Waals surface area contributed by atoms with Gasteiger partial charge in [0.25, 0.3) is 0 Å². The van der Waals surface area contributed by atoms with Crippen molar-refractivity contribution in [3.8, 4) is 0 Å². The first-order chi connectivity index (χ1) is 7.27. The van der Waals surface area contributed by atoms with Gasteiger partial charge in [-0.3, -0.25) is 9.69 Å². The van der Waals surface area contributed by atoms with Gasteiger partial charge in [-0.05, 0) is 27.7 Å². The summed E-state index contributed by atoms with van der Waals surface area (Å²) in [6.07, 6.45) is 0. The van der Waals surface area contributed by atoms with E-state index in [9.17, 15) is 4.79 Å². The number of rotatable bonds is 3. The summed E-state index contributed by atoms with van der Waals surface area (Å²) < 4.78 is 10.5. The van der Waals surface area contributed by atoms with Gasteiger partial charge >= 0.3 is 5.97 Å². The van der Waals surface area contributed by atoms with Crippen molar-refractivity contribution in [3.63, 3.8) is 0 Å². The van der Waals surface area contributed by atoms with Gasteiger partial charge in [0.2, 0.25) is 0 Å². The third-order valence-electron chi connectivity index (χ3n) is 2.86. The third-order valence-corrected chi connectivity index (χ3v) is 2.86. The minimum absolute atomic E-state index is 0.121. The average molecular weight is 229 g/mol. The largest absolute Gasteiger partial charge is 0.469 e. The SMILES string of the molecule is COC(=O)C(C)(C)CN1CCOC(C)(C)C1. The van der Waals surface area contributed by atoms with Crippen LogP contribution in [-0.2, 0) is 14.3 Å². The second kappa shape index (κ2) is 4.72. The van der Waals surface area contributed by atoms with E-state index < -0.39 is 5.41 Å². The fraction of sp³-hybridized carbons (Fsp3) is 0.917. The summed E-state index contributed by atoms with van der Waals surface area (Å²) in [5.41, 5.74) is -0.577. The van der Waals surface area contributed by atoms with Crippen molar-refractivity contribution in [1.82, 2.24) is 4.90 Å². The molecule has 0 atom stereocenters. The van der Waals surface area contributed by atoms with Crippen LogP contribution in [0.4, 0.5) is 0 Å². The molecule has 0 radical (unpaired) electrons. The molecule has 4 nitrogen and oxygen atoms in total. The van der Waals surface area contributed by atoms with Crippen molar-refractivity contribution in [2.24, 2.45) is 5.41 Å². The molecule has 0 amide bonds. The van der Waals surface area contributed by atoms with Crippen LogP contribution in [-0.4, -0.2) is 49.8 Å². The summed E-state index contributed by atoms with van der Waals surface area (Å²) in [5, 5.41) is 0. The zero-order chi connectivity index (χ0) is 12.4. The summed E-state index contributed by atoms with van der Waals surface area (Å²) in [6, 6.07) is 0. The third kappa shape index (κ3) is 3.46. The highest BCUT2D eigenvalue weighted by Gasteiger charge is 2.35. The van der Waals surface area contributed by atoms with Crippen molar-refractivity contribution in [2.45, 2.75) is 33.3 Å². The van der Waals surface area contributed by atoms with Crippen molar-refractivity contribution in [1.29, 1.82) is 0 Å². The van der Waals surface area contributed by atoms with E-state index in [2.05, 4.69) is 18.7 Å². The fourth-order valence-corrected chi connectivity index (χ4v) is 2.15. The molecular weight excluding hydrogens is 206 g/mol. The Bertz CT molecular complexity index is 261. The zero-order valence-corrected chi connectivity index (χ0v) is 11.0. The Balaban J connectivity index is 2.57. The Morgan fingerprint density at radius 3 is 2.62 bits per heavy atom. The molecule has 0 unspecified atom stereocenters. The van der Waals surface area contributed by atoms with E-state index in [1.807, 2.05) is 13.8 Å². The monoisotopic (exact) mass is 229 g/mol. The van der Waals surface area contributed by atoms with E-state index in [1.54, 1.807) is 0 Å². The Kier molecular flexibility index (Phi) is 3.97. The van der Waals surface area contributed by atoms with E-state index in [0.717, 1.165) is 19.7 Å². The smallest absolute Gasteiger partial charge is 0.312 e. The van der Waals surface area contributed by atoms with Crippen LogP contribution in [0.3, 0.4) is 0 Å². The summed E-state index contributed by atoms with van der Waals surface area (Å²) in [7, 11) is 1.44. The number of methoxy groups -OCH3 is 1. The van der Waals surface area contributed by atoms with Gasteiger partial charge in [-0.15, -0.1) is 0 Å². The normalized spacial score (nSPS) is 21.8. The lowest BCUT2D eigenvalue weighted by molar-refractivity contribution is -0.154. The van der Waals surface area contributed by atoms with Crippen LogP contribution >= 0.6 is 0 Å². The Morgan fingerprint density at radius 1 is 1.50 bits per heavy atom. The molecule has 0 saturated carbocycles. The lowest BCUT2D eigenvalue weighted by atomic mass is 9.92. The van der Waals surface area contributed by atoms with Gasteiger partial charge in [-0.2, -0.15) is 0 Å². The molecule has 1 rings (SSSR count). The molecule has 94 valence electrons. The van der Waals surface area contributed by atoms with Crippen molar-refractivity contribution in [3.05, 3.63) is 0 Å². The lowest BCUT2D eigenvalue weighted by Gasteiger charge is -2.40. The fourth-order valence-electron chi connectivity index (χ4n) is 2.15. The lowest BCUT2D eigenvalue weighted by Crippen LogP contribution is -2.52. The molecule has 4 heteroatoms. The maximum absolute atomic E-state index is 11.6. The minimum atomic E-state index is -0.456.